The summed E-state index contributed by atoms with van der Waals surface area (Å²) in [6.45, 7) is 10.5. The van der Waals surface area contributed by atoms with Crippen molar-refractivity contribution in [2.24, 2.45) is 5.11 Å². The summed E-state index contributed by atoms with van der Waals surface area (Å²) in [4.78, 5) is 31.7. The molecule has 2 aromatic carbocycles. The minimum atomic E-state index is -2.16. The van der Waals surface area contributed by atoms with Crippen LogP contribution in [0, 0.1) is 0 Å². The third-order valence-electron chi connectivity index (χ3n) is 8.36. The van der Waals surface area contributed by atoms with Crippen molar-refractivity contribution < 1.29 is 34.1 Å². The molecule has 2 aliphatic heterocycles. The van der Waals surface area contributed by atoms with Gasteiger partial charge in [0.2, 0.25) is 8.32 Å². The Balaban J connectivity index is 1.63. The maximum absolute atomic E-state index is 12.9. The lowest BCUT2D eigenvalue weighted by Crippen LogP contribution is -2.58. The van der Waals surface area contributed by atoms with E-state index in [1.807, 2.05) is 18.2 Å². The highest BCUT2D eigenvalue weighted by molar-refractivity contribution is 6.74. The molecule has 1 aromatic heterocycles. The summed E-state index contributed by atoms with van der Waals surface area (Å²) < 4.78 is 12.4. The van der Waals surface area contributed by atoms with E-state index in [0.29, 0.717) is 27.6 Å². The number of benzene rings is 2. The van der Waals surface area contributed by atoms with Crippen LogP contribution in [0.15, 0.2) is 29.4 Å². The summed E-state index contributed by atoms with van der Waals surface area (Å²) in [5.41, 5.74) is 11.0. The number of hydrogen-bond acceptors (Lipinski definition) is 8. The fourth-order valence-corrected chi connectivity index (χ4v) is 6.15. The Morgan fingerprint density at radius 3 is 2.45 bits per heavy atom. The fourth-order valence-electron chi connectivity index (χ4n) is 5.13. The van der Waals surface area contributed by atoms with Crippen LogP contribution in [0.5, 0.6) is 5.75 Å². The number of aliphatic hydroxyl groups is 3. The molecule has 0 saturated carbocycles. The van der Waals surface area contributed by atoms with E-state index in [4.69, 9.17) is 14.7 Å². The number of nitrogens with zero attached hydrogens (tertiary/aromatic N) is 3. The monoisotopic (exact) mass is 567 g/mol. The molecule has 13 heteroatoms. The molecule has 2 amide bonds. The number of nitrogens with one attached hydrogen (secondary N) is 2. The number of carbonyl (C=O) groups is 2. The Kier molecular flexibility index (Phi) is 6.93. The van der Waals surface area contributed by atoms with Crippen LogP contribution in [-0.2, 0) is 11.2 Å². The summed E-state index contributed by atoms with van der Waals surface area (Å²) in [5, 5.41) is 38.5. The molecule has 40 heavy (non-hydrogen) atoms. The number of azide groups is 1. The molecule has 5 rings (SSSR count). The molecule has 1 saturated heterocycles. The topological polar surface area (TPSA) is 190 Å². The third-order valence-corrected chi connectivity index (χ3v) is 12.7. The van der Waals surface area contributed by atoms with Crippen LogP contribution in [0.2, 0.25) is 18.1 Å². The molecule has 0 radical (unpaired) electrons. The SMILES string of the molecule is CC(C)(C)[Si](C)(C)Oc1ccc2[nH]c3c(C[C@@H]4O[C@H](CN=[N+]=[N-])[C@@H](O)[C@H](O)[C@H]4O)cc4c(c3c2c1)C(=O)NC4=O. The summed E-state index contributed by atoms with van der Waals surface area (Å²) in [6, 6.07) is 7.19. The van der Waals surface area contributed by atoms with Crippen molar-refractivity contribution in [2.45, 2.75) is 75.8 Å². The van der Waals surface area contributed by atoms with E-state index in [-0.39, 0.29) is 29.1 Å². The second-order valence-corrected chi connectivity index (χ2v) is 16.7. The van der Waals surface area contributed by atoms with Crippen molar-refractivity contribution in [3.63, 3.8) is 0 Å². The van der Waals surface area contributed by atoms with E-state index < -0.39 is 50.7 Å². The Bertz CT molecular complexity index is 1570. The summed E-state index contributed by atoms with van der Waals surface area (Å²) in [7, 11) is -2.16. The van der Waals surface area contributed by atoms with E-state index in [0.717, 1.165) is 5.52 Å². The normalized spacial score (nSPS) is 25.1. The first kappa shape index (κ1) is 28.1. The maximum Gasteiger partial charge on any atom is 0.259 e. The molecule has 5 atom stereocenters. The quantitative estimate of drug-likeness (QED) is 0.0992. The van der Waals surface area contributed by atoms with Crippen LogP contribution in [0.25, 0.3) is 32.2 Å². The number of amides is 2. The highest BCUT2D eigenvalue weighted by atomic mass is 28.4. The summed E-state index contributed by atoms with van der Waals surface area (Å²) >= 11 is 0. The van der Waals surface area contributed by atoms with Gasteiger partial charge in [-0.3, -0.25) is 14.9 Å². The molecule has 0 bridgehead atoms. The Morgan fingerprint density at radius 1 is 1.07 bits per heavy atom. The van der Waals surface area contributed by atoms with Crippen molar-refractivity contribution in [3.8, 4) is 5.75 Å². The van der Waals surface area contributed by atoms with Crippen LogP contribution >= 0.6 is 0 Å². The summed E-state index contributed by atoms with van der Waals surface area (Å²) in [5.74, 6) is -0.379. The second kappa shape index (κ2) is 9.87. The van der Waals surface area contributed by atoms with Gasteiger partial charge in [0.05, 0.1) is 35.4 Å². The molecule has 3 aromatic rings. The van der Waals surface area contributed by atoms with Crippen molar-refractivity contribution in [1.29, 1.82) is 0 Å². The highest BCUT2D eigenvalue weighted by Crippen LogP contribution is 2.41. The zero-order valence-electron chi connectivity index (χ0n) is 22.9. The minimum Gasteiger partial charge on any atom is -0.543 e. The third kappa shape index (κ3) is 4.64. The van der Waals surface area contributed by atoms with Crippen LogP contribution in [-0.4, -0.2) is 77.5 Å². The molecule has 0 unspecified atom stereocenters. The molecular weight excluding hydrogens is 534 g/mol. The molecule has 5 N–H and O–H groups in total. The van der Waals surface area contributed by atoms with Gasteiger partial charge in [0.1, 0.15) is 24.1 Å². The highest BCUT2D eigenvalue weighted by Gasteiger charge is 2.44. The van der Waals surface area contributed by atoms with Crippen molar-refractivity contribution in [3.05, 3.63) is 51.4 Å². The van der Waals surface area contributed by atoms with Gasteiger partial charge in [-0.15, -0.1) is 0 Å². The molecule has 0 aliphatic carbocycles. The van der Waals surface area contributed by atoms with Crippen molar-refractivity contribution >= 4 is 41.9 Å². The molecular formula is C27H33N5O7Si. The standard InChI is InChI=1S/C27H33N5O7Si/c1-27(2,3)40(4,5)39-13-6-7-16-14(10-13)19-20-15(25(36)31-26(20)37)8-12(21(19)30-16)9-17-22(33)24(35)23(34)18(38-17)11-29-32-28/h6-8,10,17-18,22-24,30,33-35H,9,11H2,1-5H3,(H,31,36,37)/t17-,18+,22-,23+,24+/m0/s1. The number of fused-ring (bicyclic) bond motifs is 5. The van der Waals surface area contributed by atoms with Crippen molar-refractivity contribution in [2.75, 3.05) is 6.54 Å². The maximum atomic E-state index is 12.9. The fraction of sp³-hybridized carbons (Fsp3) is 0.481. The average molecular weight is 568 g/mol. The number of aromatic amines is 1. The van der Waals surface area contributed by atoms with E-state index in [1.54, 1.807) is 6.07 Å². The Hall–Kier alpha value is -3.45. The van der Waals surface area contributed by atoms with Gasteiger partial charge in [0.25, 0.3) is 11.8 Å². The number of imide groups is 1. The minimum absolute atomic E-state index is 0.0295. The lowest BCUT2D eigenvalue weighted by atomic mass is 9.89. The van der Waals surface area contributed by atoms with Crippen LogP contribution < -0.4 is 9.74 Å². The number of ether oxygens (including phenoxy) is 1. The van der Waals surface area contributed by atoms with Gasteiger partial charge in [0.15, 0.2) is 0 Å². The van der Waals surface area contributed by atoms with Gasteiger partial charge >= 0.3 is 0 Å². The number of carbonyl (C=O) groups excluding carboxylic acids is 2. The molecule has 1 fully saturated rings. The van der Waals surface area contributed by atoms with E-state index in [1.165, 1.54) is 0 Å². The van der Waals surface area contributed by atoms with Gasteiger partial charge in [-0.25, -0.2) is 0 Å². The van der Waals surface area contributed by atoms with Crippen LogP contribution in [0.3, 0.4) is 0 Å². The first-order chi connectivity index (χ1) is 18.7. The predicted octanol–water partition coefficient (Wildman–Crippen LogP) is 3.29. The lowest BCUT2D eigenvalue weighted by Gasteiger charge is -2.40. The van der Waals surface area contributed by atoms with E-state index in [9.17, 15) is 24.9 Å². The van der Waals surface area contributed by atoms with Gasteiger partial charge in [0, 0.05) is 27.6 Å². The van der Waals surface area contributed by atoms with Gasteiger partial charge in [-0.05, 0) is 53.5 Å². The molecule has 212 valence electrons. The second-order valence-electron chi connectivity index (χ2n) is 12.0. The predicted molar refractivity (Wildman–Crippen MR) is 150 cm³/mol. The van der Waals surface area contributed by atoms with Crippen LogP contribution in [0.4, 0.5) is 0 Å². The molecule has 2 aliphatic rings. The number of aliphatic hydroxyl groups excluding tert-OH is 3. The average Bonchev–Trinajstić information content (AvgIpc) is 3.39. The summed E-state index contributed by atoms with van der Waals surface area (Å²) in [6.07, 6.45) is -6.44. The van der Waals surface area contributed by atoms with E-state index in [2.05, 4.69) is 54.2 Å². The molecule has 0 spiro atoms. The van der Waals surface area contributed by atoms with Gasteiger partial charge in [-0.2, -0.15) is 0 Å². The van der Waals surface area contributed by atoms with E-state index >= 15 is 0 Å². The Labute approximate surface area is 231 Å². The number of rotatable bonds is 6. The Morgan fingerprint density at radius 2 is 1.77 bits per heavy atom. The number of aromatic nitrogens is 1. The lowest BCUT2D eigenvalue weighted by molar-refractivity contribution is -0.218. The smallest absolute Gasteiger partial charge is 0.259 e. The first-order valence-electron chi connectivity index (χ1n) is 13.1. The number of H-pyrrole nitrogens is 1. The zero-order chi connectivity index (χ0) is 29.1. The van der Waals surface area contributed by atoms with Crippen molar-refractivity contribution in [1.82, 2.24) is 10.3 Å². The number of hydrogen-bond donors (Lipinski definition) is 5. The first-order valence-corrected chi connectivity index (χ1v) is 16.0. The van der Waals surface area contributed by atoms with Gasteiger partial charge in [-0.1, -0.05) is 25.9 Å². The van der Waals surface area contributed by atoms with Gasteiger partial charge < -0.3 is 29.5 Å². The molecule has 3 heterocycles. The van der Waals surface area contributed by atoms with Crippen LogP contribution in [0.1, 0.15) is 47.1 Å². The largest absolute Gasteiger partial charge is 0.543 e. The molecule has 12 nitrogen and oxygen atoms in total. The zero-order valence-corrected chi connectivity index (χ0v) is 23.9.